The van der Waals surface area contributed by atoms with Crippen molar-refractivity contribution in [2.75, 3.05) is 0 Å². The third-order valence-electron chi connectivity index (χ3n) is 3.67. The van der Waals surface area contributed by atoms with E-state index in [4.69, 9.17) is 4.98 Å². The highest BCUT2D eigenvalue weighted by Gasteiger charge is 2.14. The smallest absolute Gasteiger partial charge is 0.267 e. The number of fused-ring (bicyclic) bond motifs is 1. The van der Waals surface area contributed by atoms with Crippen molar-refractivity contribution < 1.29 is 0 Å². The molecule has 0 unspecified atom stereocenters. The van der Waals surface area contributed by atoms with Gasteiger partial charge in [-0.25, -0.2) is 4.98 Å². The molecule has 4 aromatic rings. The molecule has 4 rings (SSSR count). The van der Waals surface area contributed by atoms with Crippen LogP contribution in [0.5, 0.6) is 0 Å². The molecule has 0 radical (unpaired) electrons. The molecule has 2 heterocycles. The van der Waals surface area contributed by atoms with Gasteiger partial charge in [0, 0.05) is 5.75 Å². The average molecular weight is 350 g/mol. The summed E-state index contributed by atoms with van der Waals surface area (Å²) in [5.74, 6) is 0.774. The topological polar surface area (TPSA) is 34.9 Å². The number of thioether (sulfide) groups is 1. The van der Waals surface area contributed by atoms with E-state index in [-0.39, 0.29) is 5.56 Å². The van der Waals surface area contributed by atoms with Crippen molar-refractivity contribution >= 4 is 33.3 Å². The van der Waals surface area contributed by atoms with Gasteiger partial charge >= 0.3 is 0 Å². The second-order valence-corrected chi connectivity index (χ2v) is 7.14. The summed E-state index contributed by atoms with van der Waals surface area (Å²) in [4.78, 5) is 17.7. The lowest BCUT2D eigenvalue weighted by Gasteiger charge is -2.12. The zero-order valence-corrected chi connectivity index (χ0v) is 14.4. The van der Waals surface area contributed by atoms with Gasteiger partial charge in [-0.05, 0) is 29.1 Å². The van der Waals surface area contributed by atoms with Crippen LogP contribution in [0.3, 0.4) is 0 Å². The first-order valence-electron chi connectivity index (χ1n) is 7.55. The van der Waals surface area contributed by atoms with Crippen LogP contribution in [0, 0.1) is 0 Å². The Hall–Kier alpha value is -2.37. The maximum Gasteiger partial charge on any atom is 0.276 e. The van der Waals surface area contributed by atoms with Crippen LogP contribution in [0.2, 0.25) is 0 Å². The fraction of sp³-hybridized carbons (Fsp3) is 0.0526. The summed E-state index contributed by atoms with van der Waals surface area (Å²) >= 11 is 3.02. The van der Waals surface area contributed by atoms with E-state index in [0.717, 1.165) is 22.1 Å². The first-order valence-corrected chi connectivity index (χ1v) is 9.42. The third-order valence-corrected chi connectivity index (χ3v) is 5.58. The minimum absolute atomic E-state index is 0.00300. The molecule has 0 bridgehead atoms. The summed E-state index contributed by atoms with van der Waals surface area (Å²) in [5, 5.41) is 2.64. The van der Waals surface area contributed by atoms with Gasteiger partial charge < -0.3 is 0 Å². The van der Waals surface area contributed by atoms with E-state index in [2.05, 4.69) is 12.1 Å². The lowest BCUT2D eigenvalue weighted by Crippen LogP contribution is -2.20. The molecule has 2 aromatic carbocycles. The fourth-order valence-electron chi connectivity index (χ4n) is 2.52. The molecule has 0 aliphatic rings. The number of benzene rings is 2. The number of rotatable bonds is 4. The van der Waals surface area contributed by atoms with Gasteiger partial charge in [-0.15, -0.1) is 11.3 Å². The number of aromatic nitrogens is 2. The summed E-state index contributed by atoms with van der Waals surface area (Å²) in [6.07, 6.45) is 0. The van der Waals surface area contributed by atoms with Crippen LogP contribution in [-0.4, -0.2) is 9.55 Å². The number of thiophene rings is 1. The Bertz CT molecular complexity index is 1020. The molecular weight excluding hydrogens is 336 g/mol. The molecule has 0 atom stereocenters. The van der Waals surface area contributed by atoms with Crippen molar-refractivity contribution in [1.82, 2.24) is 9.55 Å². The number of hydrogen-bond acceptors (Lipinski definition) is 4. The quantitative estimate of drug-likeness (QED) is 0.394. The van der Waals surface area contributed by atoms with E-state index in [0.29, 0.717) is 4.70 Å². The largest absolute Gasteiger partial charge is 0.276 e. The van der Waals surface area contributed by atoms with Crippen LogP contribution in [0.4, 0.5) is 0 Å². The predicted octanol–water partition coefficient (Wildman–Crippen LogP) is 4.74. The Kier molecular flexibility index (Phi) is 4.19. The minimum Gasteiger partial charge on any atom is -0.267 e. The molecule has 0 fully saturated rings. The summed E-state index contributed by atoms with van der Waals surface area (Å²) < 4.78 is 2.41. The predicted molar refractivity (Wildman–Crippen MR) is 101 cm³/mol. The van der Waals surface area contributed by atoms with Gasteiger partial charge in [0.1, 0.15) is 4.70 Å². The molecule has 24 heavy (non-hydrogen) atoms. The monoisotopic (exact) mass is 350 g/mol. The molecule has 5 heteroatoms. The van der Waals surface area contributed by atoms with Gasteiger partial charge in [-0.2, -0.15) is 0 Å². The van der Waals surface area contributed by atoms with Crippen LogP contribution < -0.4 is 5.56 Å². The Balaban J connectivity index is 1.82. The Morgan fingerprint density at radius 1 is 0.958 bits per heavy atom. The van der Waals surface area contributed by atoms with E-state index < -0.39 is 0 Å². The average Bonchev–Trinajstić information content (AvgIpc) is 3.10. The van der Waals surface area contributed by atoms with Crippen LogP contribution >= 0.6 is 23.1 Å². The van der Waals surface area contributed by atoms with Crippen molar-refractivity contribution in [2.24, 2.45) is 0 Å². The zero-order chi connectivity index (χ0) is 16.4. The van der Waals surface area contributed by atoms with Gasteiger partial charge in [-0.1, -0.05) is 60.3 Å². The van der Waals surface area contributed by atoms with Crippen molar-refractivity contribution in [3.8, 4) is 5.69 Å². The van der Waals surface area contributed by atoms with Crippen LogP contribution in [0.25, 0.3) is 15.9 Å². The van der Waals surface area contributed by atoms with Crippen LogP contribution in [0.1, 0.15) is 5.56 Å². The standard InChI is InChI=1S/C19H14N2OS2/c22-18-17-16(11-12-23-17)20-19(21(18)15-9-5-2-6-10-15)24-13-14-7-3-1-4-8-14/h1-12H,13H2. The molecular formula is C19H14N2OS2. The Morgan fingerprint density at radius 3 is 2.42 bits per heavy atom. The SMILES string of the molecule is O=c1c2sccc2nc(SCc2ccccc2)n1-c1ccccc1. The minimum atomic E-state index is -0.00300. The van der Waals surface area contributed by atoms with Gasteiger partial charge in [0.2, 0.25) is 0 Å². The maximum atomic E-state index is 12.9. The van der Waals surface area contributed by atoms with Crippen molar-refractivity contribution in [3.05, 3.63) is 88.0 Å². The van der Waals surface area contributed by atoms with E-state index in [1.807, 2.05) is 60.0 Å². The molecule has 0 amide bonds. The van der Waals surface area contributed by atoms with Crippen molar-refractivity contribution in [2.45, 2.75) is 10.9 Å². The second kappa shape index (κ2) is 6.63. The van der Waals surface area contributed by atoms with Gasteiger partial charge in [0.05, 0.1) is 11.2 Å². The van der Waals surface area contributed by atoms with Crippen LogP contribution in [-0.2, 0) is 5.75 Å². The molecule has 0 aliphatic carbocycles. The molecule has 2 aromatic heterocycles. The molecule has 0 aliphatic heterocycles. The summed E-state index contributed by atoms with van der Waals surface area (Å²) in [5.41, 5.74) is 2.83. The zero-order valence-electron chi connectivity index (χ0n) is 12.8. The van der Waals surface area contributed by atoms with Crippen LogP contribution in [0.15, 0.2) is 82.1 Å². The number of nitrogens with zero attached hydrogens (tertiary/aromatic N) is 2. The molecule has 0 saturated heterocycles. The lowest BCUT2D eigenvalue weighted by atomic mass is 10.2. The van der Waals surface area contributed by atoms with E-state index in [9.17, 15) is 4.79 Å². The second-order valence-electron chi connectivity index (χ2n) is 5.28. The van der Waals surface area contributed by atoms with E-state index >= 15 is 0 Å². The highest BCUT2D eigenvalue weighted by molar-refractivity contribution is 7.98. The highest BCUT2D eigenvalue weighted by Crippen LogP contribution is 2.26. The molecule has 0 N–H and O–H groups in total. The lowest BCUT2D eigenvalue weighted by molar-refractivity contribution is 0.822. The Labute approximate surface area is 147 Å². The van der Waals surface area contributed by atoms with Crippen molar-refractivity contribution in [3.63, 3.8) is 0 Å². The number of hydrogen-bond donors (Lipinski definition) is 0. The molecule has 0 spiro atoms. The maximum absolute atomic E-state index is 12.9. The normalized spacial score (nSPS) is 11.0. The molecule has 3 nitrogen and oxygen atoms in total. The molecule has 0 saturated carbocycles. The van der Waals surface area contributed by atoms with E-state index in [1.54, 1.807) is 16.3 Å². The van der Waals surface area contributed by atoms with Gasteiger partial charge in [0.25, 0.3) is 5.56 Å². The summed E-state index contributed by atoms with van der Waals surface area (Å²) in [6.45, 7) is 0. The summed E-state index contributed by atoms with van der Waals surface area (Å²) in [7, 11) is 0. The number of para-hydroxylation sites is 1. The summed E-state index contributed by atoms with van der Waals surface area (Å²) in [6, 6.07) is 21.8. The molecule has 118 valence electrons. The third kappa shape index (κ3) is 2.88. The highest BCUT2D eigenvalue weighted by atomic mass is 32.2. The van der Waals surface area contributed by atoms with Gasteiger partial charge in [0.15, 0.2) is 5.16 Å². The fourth-order valence-corrected chi connectivity index (χ4v) is 4.24. The van der Waals surface area contributed by atoms with Crippen molar-refractivity contribution in [1.29, 1.82) is 0 Å². The van der Waals surface area contributed by atoms with Gasteiger partial charge in [-0.3, -0.25) is 9.36 Å². The Morgan fingerprint density at radius 2 is 1.67 bits per heavy atom. The first kappa shape index (κ1) is 15.2. The first-order chi connectivity index (χ1) is 11.8. The van der Waals surface area contributed by atoms with E-state index in [1.165, 1.54) is 16.9 Å².